The number of anilines is 2. The monoisotopic (exact) mass is 347 g/mol. The number of nitrogen functional groups attached to an aromatic ring is 1. The van der Waals surface area contributed by atoms with Gasteiger partial charge >= 0.3 is 0 Å². The van der Waals surface area contributed by atoms with Crippen LogP contribution in [0, 0.1) is 18.8 Å². The number of rotatable bonds is 4. The molecule has 0 saturated heterocycles. The molecule has 1 aromatic heterocycles. The fourth-order valence-electron chi connectivity index (χ4n) is 3.40. The summed E-state index contributed by atoms with van der Waals surface area (Å²) < 4.78 is 0. The van der Waals surface area contributed by atoms with Crippen molar-refractivity contribution in [2.75, 3.05) is 17.7 Å². The van der Waals surface area contributed by atoms with Crippen LogP contribution in [0.15, 0.2) is 48.7 Å². The number of pyridine rings is 1. The number of aliphatic hydroxyl groups excluding tert-OH is 1. The maximum atomic E-state index is 12.2. The summed E-state index contributed by atoms with van der Waals surface area (Å²) in [5, 5.41) is 13.8. The number of carbonyl (C=O) groups excluding carboxylic acids is 1. The smallest absolute Gasteiger partial charge is 0.229 e. The lowest BCUT2D eigenvalue weighted by molar-refractivity contribution is -0.117. The highest BCUT2D eigenvalue weighted by molar-refractivity contribution is 6.00. The summed E-state index contributed by atoms with van der Waals surface area (Å²) in [4.78, 5) is 16.5. The van der Waals surface area contributed by atoms with E-state index in [2.05, 4.69) is 35.4 Å². The van der Waals surface area contributed by atoms with Crippen molar-refractivity contribution < 1.29 is 9.90 Å². The molecule has 5 nitrogen and oxygen atoms in total. The SMILES string of the molecule is Cc1ccccc1-c1cc(N)c2cnc(NC(=O)[C@H]3C[C@@H]3CO)cc2c1. The summed E-state index contributed by atoms with van der Waals surface area (Å²) in [5.41, 5.74) is 10.2. The quantitative estimate of drug-likeness (QED) is 0.632. The van der Waals surface area contributed by atoms with Crippen molar-refractivity contribution in [1.29, 1.82) is 0 Å². The van der Waals surface area contributed by atoms with Gasteiger partial charge in [0.25, 0.3) is 0 Å². The number of benzene rings is 2. The second-order valence-corrected chi connectivity index (χ2v) is 6.95. The number of aliphatic hydroxyl groups is 1. The van der Waals surface area contributed by atoms with E-state index in [4.69, 9.17) is 10.8 Å². The molecule has 132 valence electrons. The molecular formula is C21H21N3O2. The first kappa shape index (κ1) is 16.5. The standard InChI is InChI=1S/C21H21N3O2/c1-12-4-2-3-5-16(12)13-6-14-9-20(23-10-18(14)19(22)8-13)24-21(26)17-7-15(17)11-25/h2-6,8-10,15,17,25H,7,11,22H2,1H3,(H,23,24,26)/t15-,17+/m1/s1. The van der Waals surface area contributed by atoms with Gasteiger partial charge in [-0.3, -0.25) is 4.79 Å². The number of aryl methyl sites for hydroxylation is 1. The maximum absolute atomic E-state index is 12.2. The Morgan fingerprint density at radius 2 is 2.12 bits per heavy atom. The van der Waals surface area contributed by atoms with Crippen molar-refractivity contribution in [1.82, 2.24) is 4.98 Å². The van der Waals surface area contributed by atoms with Crippen LogP contribution in [0.1, 0.15) is 12.0 Å². The molecule has 0 unspecified atom stereocenters. The third-order valence-corrected chi connectivity index (χ3v) is 5.07. The zero-order valence-electron chi connectivity index (χ0n) is 14.6. The number of nitrogens with zero attached hydrogens (tertiary/aromatic N) is 1. The average molecular weight is 347 g/mol. The second kappa shape index (κ2) is 6.42. The lowest BCUT2D eigenvalue weighted by atomic mass is 9.97. The van der Waals surface area contributed by atoms with E-state index in [1.54, 1.807) is 6.20 Å². The zero-order valence-corrected chi connectivity index (χ0v) is 14.6. The van der Waals surface area contributed by atoms with Gasteiger partial charge in [0.2, 0.25) is 5.91 Å². The largest absolute Gasteiger partial charge is 0.398 e. The molecule has 2 aromatic carbocycles. The van der Waals surface area contributed by atoms with E-state index in [1.807, 2.05) is 24.3 Å². The normalized spacial score (nSPS) is 18.7. The predicted octanol–water partition coefficient (Wildman–Crippen LogP) is 3.36. The molecule has 1 fully saturated rings. The minimum absolute atomic E-state index is 0.0551. The molecule has 4 rings (SSSR count). The molecule has 1 heterocycles. The number of hydrogen-bond donors (Lipinski definition) is 3. The Morgan fingerprint density at radius 1 is 1.31 bits per heavy atom. The molecule has 0 aliphatic heterocycles. The highest BCUT2D eigenvalue weighted by Gasteiger charge is 2.42. The number of nitrogens with one attached hydrogen (secondary N) is 1. The van der Waals surface area contributed by atoms with E-state index in [0.29, 0.717) is 11.5 Å². The van der Waals surface area contributed by atoms with Crippen LogP contribution in [0.4, 0.5) is 11.5 Å². The number of nitrogens with two attached hydrogens (primary N) is 1. The Kier molecular flexibility index (Phi) is 4.09. The van der Waals surface area contributed by atoms with Crippen LogP contribution >= 0.6 is 0 Å². The van der Waals surface area contributed by atoms with Crippen molar-refractivity contribution >= 4 is 28.2 Å². The van der Waals surface area contributed by atoms with E-state index in [-0.39, 0.29) is 24.3 Å². The van der Waals surface area contributed by atoms with E-state index in [1.165, 1.54) is 5.56 Å². The van der Waals surface area contributed by atoms with Crippen LogP contribution in [0.2, 0.25) is 0 Å². The van der Waals surface area contributed by atoms with Gasteiger partial charge in [-0.25, -0.2) is 4.98 Å². The first-order valence-electron chi connectivity index (χ1n) is 8.74. The summed E-state index contributed by atoms with van der Waals surface area (Å²) in [5.74, 6) is 0.394. The van der Waals surface area contributed by atoms with Crippen LogP contribution in [0.3, 0.4) is 0 Å². The molecule has 0 spiro atoms. The van der Waals surface area contributed by atoms with Crippen LogP contribution in [0.5, 0.6) is 0 Å². The van der Waals surface area contributed by atoms with E-state index >= 15 is 0 Å². The van der Waals surface area contributed by atoms with Crippen molar-refractivity contribution in [3.8, 4) is 11.1 Å². The number of carbonyl (C=O) groups is 1. The molecule has 3 aromatic rings. The van der Waals surface area contributed by atoms with Crippen molar-refractivity contribution in [3.63, 3.8) is 0 Å². The lowest BCUT2D eigenvalue weighted by Gasteiger charge is -2.11. The van der Waals surface area contributed by atoms with Gasteiger partial charge < -0.3 is 16.2 Å². The topological polar surface area (TPSA) is 88.2 Å². The maximum Gasteiger partial charge on any atom is 0.229 e. The summed E-state index contributed by atoms with van der Waals surface area (Å²) in [6.45, 7) is 2.13. The van der Waals surface area contributed by atoms with Gasteiger partial charge in [0.1, 0.15) is 5.82 Å². The second-order valence-electron chi connectivity index (χ2n) is 6.95. The Morgan fingerprint density at radius 3 is 2.85 bits per heavy atom. The number of amides is 1. The summed E-state index contributed by atoms with van der Waals surface area (Å²) in [6, 6.07) is 14.0. The average Bonchev–Trinajstić information content (AvgIpc) is 3.42. The molecule has 0 bridgehead atoms. The van der Waals surface area contributed by atoms with Gasteiger partial charge in [0.05, 0.1) is 0 Å². The third-order valence-electron chi connectivity index (χ3n) is 5.07. The highest BCUT2D eigenvalue weighted by Crippen LogP contribution is 2.39. The molecule has 1 amide bonds. The Hall–Kier alpha value is -2.92. The minimum Gasteiger partial charge on any atom is -0.398 e. The minimum atomic E-state index is -0.110. The molecule has 4 N–H and O–H groups in total. The van der Waals surface area contributed by atoms with Gasteiger partial charge in [-0.15, -0.1) is 0 Å². The van der Waals surface area contributed by atoms with E-state index in [0.717, 1.165) is 28.3 Å². The van der Waals surface area contributed by atoms with Gasteiger partial charge in [-0.2, -0.15) is 0 Å². The molecular weight excluding hydrogens is 326 g/mol. The fourth-order valence-corrected chi connectivity index (χ4v) is 3.40. The summed E-state index contributed by atoms with van der Waals surface area (Å²) in [6.07, 6.45) is 2.43. The highest BCUT2D eigenvalue weighted by atomic mass is 16.3. The Bertz CT molecular complexity index is 1000. The van der Waals surface area contributed by atoms with E-state index in [9.17, 15) is 4.79 Å². The van der Waals surface area contributed by atoms with Crippen LogP contribution in [0.25, 0.3) is 21.9 Å². The third kappa shape index (κ3) is 3.02. The molecule has 1 aliphatic rings. The molecule has 1 saturated carbocycles. The number of hydrogen-bond acceptors (Lipinski definition) is 4. The van der Waals surface area contributed by atoms with Crippen LogP contribution in [-0.4, -0.2) is 22.6 Å². The predicted molar refractivity (Wildman–Crippen MR) is 104 cm³/mol. The van der Waals surface area contributed by atoms with Gasteiger partial charge in [0, 0.05) is 29.8 Å². The molecule has 26 heavy (non-hydrogen) atoms. The summed E-state index contributed by atoms with van der Waals surface area (Å²) in [7, 11) is 0. The zero-order chi connectivity index (χ0) is 18.3. The fraction of sp³-hybridized carbons (Fsp3) is 0.238. The van der Waals surface area contributed by atoms with Crippen molar-refractivity contribution in [2.45, 2.75) is 13.3 Å². The molecule has 5 heteroatoms. The first-order valence-corrected chi connectivity index (χ1v) is 8.74. The molecule has 1 aliphatic carbocycles. The van der Waals surface area contributed by atoms with Gasteiger partial charge in [0.15, 0.2) is 0 Å². The van der Waals surface area contributed by atoms with Crippen molar-refractivity contribution in [3.05, 3.63) is 54.2 Å². The number of fused-ring (bicyclic) bond motifs is 1. The number of aromatic nitrogens is 1. The lowest BCUT2D eigenvalue weighted by Crippen LogP contribution is -2.16. The Balaban J connectivity index is 1.68. The van der Waals surface area contributed by atoms with E-state index < -0.39 is 0 Å². The summed E-state index contributed by atoms with van der Waals surface area (Å²) >= 11 is 0. The van der Waals surface area contributed by atoms with Crippen LogP contribution < -0.4 is 11.1 Å². The molecule has 2 atom stereocenters. The van der Waals surface area contributed by atoms with Gasteiger partial charge in [-0.1, -0.05) is 24.3 Å². The molecule has 0 radical (unpaired) electrons. The van der Waals surface area contributed by atoms with Gasteiger partial charge in [-0.05, 0) is 59.5 Å². The first-order chi connectivity index (χ1) is 12.6. The Labute approximate surface area is 151 Å². The van der Waals surface area contributed by atoms with Crippen LogP contribution in [-0.2, 0) is 4.79 Å². The van der Waals surface area contributed by atoms with Crippen molar-refractivity contribution in [2.24, 2.45) is 11.8 Å².